The number of hydrogen-bond donors (Lipinski definition) is 1. The highest BCUT2D eigenvalue weighted by atomic mass is 16.5. The van der Waals surface area contributed by atoms with Crippen molar-refractivity contribution in [2.45, 2.75) is 25.2 Å². The topological polar surface area (TPSA) is 76.7 Å². The Morgan fingerprint density at radius 2 is 2.16 bits per heavy atom. The van der Waals surface area contributed by atoms with Crippen LogP contribution in [-0.4, -0.2) is 33.2 Å². The van der Waals surface area contributed by atoms with E-state index in [0.717, 1.165) is 19.0 Å². The number of piperidine rings is 1. The van der Waals surface area contributed by atoms with Gasteiger partial charge in [0.2, 0.25) is 11.7 Å². The predicted molar refractivity (Wildman–Crippen MR) is 67.2 cm³/mol. The summed E-state index contributed by atoms with van der Waals surface area (Å²) in [4.78, 5) is 12.7. The normalized spacial score (nSPS) is 24.5. The number of nitrogens with one attached hydrogen (secondary N) is 1. The smallest absolute Gasteiger partial charge is 0.230 e. The van der Waals surface area contributed by atoms with Crippen LogP contribution in [0.5, 0.6) is 0 Å². The average molecular weight is 257 g/mol. The Balaban J connectivity index is 1.57. The Hall–Kier alpha value is -1.82. The highest BCUT2D eigenvalue weighted by Gasteiger charge is 2.57. The fraction of sp³-hybridized carbons (Fsp3) is 0.538. The van der Waals surface area contributed by atoms with E-state index in [4.69, 9.17) is 4.52 Å². The van der Waals surface area contributed by atoms with E-state index in [-0.39, 0.29) is 0 Å². The van der Waals surface area contributed by atoms with Crippen molar-refractivity contribution in [1.82, 2.24) is 25.4 Å². The molecule has 2 aromatic heterocycles. The maximum Gasteiger partial charge on any atom is 0.230 e. The van der Waals surface area contributed by atoms with Gasteiger partial charge in [-0.25, -0.2) is 4.98 Å². The summed E-state index contributed by atoms with van der Waals surface area (Å²) in [5, 5.41) is 7.42. The van der Waals surface area contributed by atoms with E-state index in [9.17, 15) is 0 Å². The van der Waals surface area contributed by atoms with Gasteiger partial charge in [0.15, 0.2) is 0 Å². The minimum atomic E-state index is 0.414. The van der Waals surface area contributed by atoms with Crippen LogP contribution in [0.4, 0.5) is 0 Å². The Labute approximate surface area is 110 Å². The summed E-state index contributed by atoms with van der Waals surface area (Å²) >= 11 is 0. The van der Waals surface area contributed by atoms with Crippen molar-refractivity contribution in [1.29, 1.82) is 0 Å². The van der Waals surface area contributed by atoms with E-state index in [1.54, 1.807) is 18.6 Å². The lowest BCUT2D eigenvalue weighted by Gasteiger charge is -2.22. The first kappa shape index (κ1) is 11.0. The van der Waals surface area contributed by atoms with Gasteiger partial charge in [-0.3, -0.25) is 4.98 Å². The Kier molecular flexibility index (Phi) is 2.38. The molecule has 0 aromatic carbocycles. The molecule has 1 saturated heterocycles. The zero-order chi connectivity index (χ0) is 12.7. The molecule has 4 rings (SSSR count). The fourth-order valence-corrected chi connectivity index (χ4v) is 3.07. The largest absolute Gasteiger partial charge is 0.339 e. The molecule has 1 unspecified atom stereocenters. The number of aromatic nitrogens is 4. The summed E-state index contributed by atoms with van der Waals surface area (Å²) in [6.07, 6.45) is 8.52. The van der Waals surface area contributed by atoms with Crippen LogP contribution in [0.1, 0.15) is 31.1 Å². The van der Waals surface area contributed by atoms with E-state index in [2.05, 4.69) is 25.4 Å². The first-order chi connectivity index (χ1) is 9.37. The minimum Gasteiger partial charge on any atom is -0.339 e. The third kappa shape index (κ3) is 1.83. The standard InChI is InChI=1S/C13H15N5O/c1-3-14-4-2-13(1)7-9(13)12-17-11(18-19-12)10-8-15-5-6-16-10/h5-6,8-9,14H,1-4,7H2. The van der Waals surface area contributed by atoms with Gasteiger partial charge in [0.1, 0.15) is 5.69 Å². The monoisotopic (exact) mass is 257 g/mol. The van der Waals surface area contributed by atoms with Gasteiger partial charge in [-0.05, 0) is 37.8 Å². The van der Waals surface area contributed by atoms with Crippen molar-refractivity contribution in [2.24, 2.45) is 5.41 Å². The van der Waals surface area contributed by atoms with Crippen LogP contribution in [0.25, 0.3) is 11.5 Å². The van der Waals surface area contributed by atoms with Crippen LogP contribution in [-0.2, 0) is 0 Å². The molecule has 6 heteroatoms. The molecule has 6 nitrogen and oxygen atoms in total. The summed E-state index contributed by atoms with van der Waals surface area (Å²) in [7, 11) is 0. The van der Waals surface area contributed by atoms with Gasteiger partial charge in [0.05, 0.1) is 6.20 Å². The molecular formula is C13H15N5O. The Bertz CT molecular complexity index is 576. The van der Waals surface area contributed by atoms with E-state index >= 15 is 0 Å². The summed E-state index contributed by atoms with van der Waals surface area (Å²) in [5.41, 5.74) is 1.08. The molecule has 0 amide bonds. The zero-order valence-electron chi connectivity index (χ0n) is 10.5. The summed E-state index contributed by atoms with van der Waals surface area (Å²) in [6.45, 7) is 2.20. The second-order valence-corrected chi connectivity index (χ2v) is 5.42. The lowest BCUT2D eigenvalue weighted by molar-refractivity contribution is 0.311. The van der Waals surface area contributed by atoms with Crippen molar-refractivity contribution < 1.29 is 4.52 Å². The van der Waals surface area contributed by atoms with Crippen LogP contribution in [0.15, 0.2) is 23.1 Å². The minimum absolute atomic E-state index is 0.414. The van der Waals surface area contributed by atoms with Gasteiger partial charge >= 0.3 is 0 Å². The average Bonchev–Trinajstić information content (AvgIpc) is 2.96. The molecule has 1 aliphatic carbocycles. The molecule has 2 aliphatic rings. The van der Waals surface area contributed by atoms with Gasteiger partial charge in [0, 0.05) is 18.3 Å². The molecule has 2 aromatic rings. The first-order valence-corrected chi connectivity index (χ1v) is 6.68. The van der Waals surface area contributed by atoms with Crippen molar-refractivity contribution in [2.75, 3.05) is 13.1 Å². The molecular weight excluding hydrogens is 242 g/mol. The van der Waals surface area contributed by atoms with Crippen LogP contribution in [0, 0.1) is 5.41 Å². The van der Waals surface area contributed by atoms with Crippen molar-refractivity contribution >= 4 is 0 Å². The first-order valence-electron chi connectivity index (χ1n) is 6.68. The van der Waals surface area contributed by atoms with Gasteiger partial charge in [-0.2, -0.15) is 4.98 Å². The molecule has 1 saturated carbocycles. The Morgan fingerprint density at radius 1 is 1.26 bits per heavy atom. The fourth-order valence-electron chi connectivity index (χ4n) is 3.07. The molecule has 0 bridgehead atoms. The zero-order valence-corrected chi connectivity index (χ0v) is 10.5. The number of rotatable bonds is 2. The van der Waals surface area contributed by atoms with Crippen molar-refractivity contribution in [3.05, 3.63) is 24.5 Å². The van der Waals surface area contributed by atoms with Gasteiger partial charge in [-0.1, -0.05) is 5.16 Å². The van der Waals surface area contributed by atoms with Gasteiger partial charge < -0.3 is 9.84 Å². The predicted octanol–water partition coefficient (Wildman–Crippen LogP) is 1.38. The number of nitrogens with zero attached hydrogens (tertiary/aromatic N) is 4. The van der Waals surface area contributed by atoms with Crippen LogP contribution in [0.2, 0.25) is 0 Å². The molecule has 1 spiro atoms. The second-order valence-electron chi connectivity index (χ2n) is 5.42. The van der Waals surface area contributed by atoms with Crippen LogP contribution in [0.3, 0.4) is 0 Å². The molecule has 98 valence electrons. The molecule has 19 heavy (non-hydrogen) atoms. The van der Waals surface area contributed by atoms with Crippen LogP contribution >= 0.6 is 0 Å². The maximum absolute atomic E-state index is 5.42. The van der Waals surface area contributed by atoms with Crippen molar-refractivity contribution in [3.63, 3.8) is 0 Å². The summed E-state index contributed by atoms with van der Waals surface area (Å²) in [6, 6.07) is 0. The molecule has 0 radical (unpaired) electrons. The van der Waals surface area contributed by atoms with Crippen LogP contribution < -0.4 is 5.32 Å². The summed E-state index contributed by atoms with van der Waals surface area (Å²) in [5.74, 6) is 1.74. The second kappa shape index (κ2) is 4.09. The highest BCUT2D eigenvalue weighted by Crippen LogP contribution is 2.63. The van der Waals surface area contributed by atoms with E-state index in [0.29, 0.717) is 22.9 Å². The lowest BCUT2D eigenvalue weighted by Crippen LogP contribution is -2.29. The molecule has 1 atom stereocenters. The molecule has 2 fully saturated rings. The summed E-state index contributed by atoms with van der Waals surface area (Å²) < 4.78 is 5.42. The SMILES string of the molecule is c1cnc(-c2noc(C3CC34CCNCC4)n2)cn1. The highest BCUT2D eigenvalue weighted by molar-refractivity contribution is 5.45. The maximum atomic E-state index is 5.42. The third-order valence-corrected chi connectivity index (χ3v) is 4.32. The molecule has 1 aliphatic heterocycles. The number of hydrogen-bond acceptors (Lipinski definition) is 6. The van der Waals surface area contributed by atoms with E-state index < -0.39 is 0 Å². The molecule has 1 N–H and O–H groups in total. The van der Waals surface area contributed by atoms with Gasteiger partial charge in [-0.15, -0.1) is 0 Å². The van der Waals surface area contributed by atoms with E-state index in [1.807, 2.05) is 0 Å². The third-order valence-electron chi connectivity index (χ3n) is 4.32. The lowest BCUT2D eigenvalue weighted by atomic mass is 9.92. The van der Waals surface area contributed by atoms with E-state index in [1.165, 1.54) is 19.3 Å². The van der Waals surface area contributed by atoms with Crippen molar-refractivity contribution in [3.8, 4) is 11.5 Å². The Morgan fingerprint density at radius 3 is 2.95 bits per heavy atom. The molecule has 3 heterocycles. The van der Waals surface area contributed by atoms with Gasteiger partial charge in [0.25, 0.3) is 0 Å². The quantitative estimate of drug-likeness (QED) is 0.876.